The van der Waals surface area contributed by atoms with Crippen LogP contribution < -0.4 is 5.56 Å². The predicted octanol–water partition coefficient (Wildman–Crippen LogP) is 2.98. The molecule has 1 aliphatic rings. The molecule has 5 heteroatoms. The normalized spacial score (nSPS) is 11.7. The number of aromatic nitrogens is 2. The zero-order valence-corrected chi connectivity index (χ0v) is 13.7. The quantitative estimate of drug-likeness (QED) is 0.530. The molecule has 2 heterocycles. The molecule has 0 spiro atoms. The Labute approximate surface area is 144 Å². The molecule has 0 unspecified atom stereocenters. The number of carbonyl (C=O) groups excluding carboxylic acids is 1. The molecule has 2 aromatic carbocycles. The molecule has 124 valence electrons. The van der Waals surface area contributed by atoms with Crippen LogP contribution in [0.4, 0.5) is 0 Å². The van der Waals surface area contributed by atoms with Gasteiger partial charge in [0.05, 0.1) is 12.3 Å². The zero-order valence-electron chi connectivity index (χ0n) is 13.7. The van der Waals surface area contributed by atoms with E-state index in [-0.39, 0.29) is 12.2 Å². The summed E-state index contributed by atoms with van der Waals surface area (Å²) < 4.78 is 6.52. The van der Waals surface area contributed by atoms with Crippen LogP contribution in [0.5, 0.6) is 0 Å². The van der Waals surface area contributed by atoms with E-state index >= 15 is 0 Å². The van der Waals surface area contributed by atoms with Crippen LogP contribution in [0.25, 0.3) is 17.1 Å². The van der Waals surface area contributed by atoms with E-state index in [4.69, 9.17) is 4.74 Å². The Bertz CT molecular complexity index is 1040. The van der Waals surface area contributed by atoms with E-state index < -0.39 is 11.5 Å². The minimum atomic E-state index is -0.648. The first-order chi connectivity index (χ1) is 12.2. The van der Waals surface area contributed by atoms with Crippen LogP contribution in [0.15, 0.2) is 59.5 Å². The summed E-state index contributed by atoms with van der Waals surface area (Å²) in [6.45, 7) is 1.91. The number of hydrogen-bond donors (Lipinski definition) is 0. The maximum atomic E-state index is 13.1. The van der Waals surface area contributed by atoms with Crippen molar-refractivity contribution in [3.8, 4) is 17.1 Å². The Morgan fingerprint density at radius 3 is 2.64 bits per heavy atom. The standard InChI is InChI=1S/C20H16N2O3/c1-2-25-20(24)16-12-21-18-15-9-5-3-7-13(15)11-14-8-4-6-10-17(14)22(18)19(16)23/h3-10,12H,2,11H2,1H3. The summed E-state index contributed by atoms with van der Waals surface area (Å²) >= 11 is 0. The number of nitrogens with zero attached hydrogens (tertiary/aromatic N) is 2. The van der Waals surface area contributed by atoms with Gasteiger partial charge in [-0.15, -0.1) is 0 Å². The Balaban J connectivity index is 2.07. The second kappa shape index (κ2) is 6.02. The molecule has 0 bridgehead atoms. The minimum Gasteiger partial charge on any atom is -0.462 e. The summed E-state index contributed by atoms with van der Waals surface area (Å²) in [5, 5.41) is 0. The Hall–Kier alpha value is -3.21. The molecular formula is C20H16N2O3. The summed E-state index contributed by atoms with van der Waals surface area (Å²) in [5.74, 6) is -0.107. The number of hydrogen-bond acceptors (Lipinski definition) is 4. The highest BCUT2D eigenvalue weighted by molar-refractivity contribution is 5.89. The molecule has 4 rings (SSSR count). The molecule has 0 N–H and O–H groups in total. The number of fused-ring (bicyclic) bond motifs is 5. The summed E-state index contributed by atoms with van der Waals surface area (Å²) in [6.07, 6.45) is 2.01. The van der Waals surface area contributed by atoms with Crippen LogP contribution in [0, 0.1) is 0 Å². The third-order valence-electron chi connectivity index (χ3n) is 4.33. The Morgan fingerprint density at radius 1 is 1.12 bits per heavy atom. The van der Waals surface area contributed by atoms with Crippen molar-refractivity contribution in [2.24, 2.45) is 0 Å². The van der Waals surface area contributed by atoms with Crippen molar-refractivity contribution >= 4 is 5.97 Å². The van der Waals surface area contributed by atoms with Gasteiger partial charge in [-0.05, 0) is 24.1 Å². The number of ether oxygens (including phenoxy) is 1. The lowest BCUT2D eigenvalue weighted by molar-refractivity contribution is 0.0523. The first kappa shape index (κ1) is 15.3. The molecule has 5 nitrogen and oxygen atoms in total. The molecule has 0 amide bonds. The van der Waals surface area contributed by atoms with Gasteiger partial charge in [0.15, 0.2) is 0 Å². The first-order valence-electron chi connectivity index (χ1n) is 8.16. The molecule has 0 saturated heterocycles. The number of para-hydroxylation sites is 1. The van der Waals surface area contributed by atoms with Gasteiger partial charge in [0, 0.05) is 18.2 Å². The van der Waals surface area contributed by atoms with Crippen molar-refractivity contribution in [2.75, 3.05) is 6.61 Å². The SMILES string of the molecule is CCOC(=O)c1cnc2n(c1=O)-c1ccccc1Cc1ccccc1-2. The van der Waals surface area contributed by atoms with Crippen LogP contribution >= 0.6 is 0 Å². The number of carbonyl (C=O) groups is 1. The van der Waals surface area contributed by atoms with E-state index in [9.17, 15) is 9.59 Å². The third kappa shape index (κ3) is 2.45. The van der Waals surface area contributed by atoms with Crippen molar-refractivity contribution in [3.05, 3.63) is 81.8 Å². The van der Waals surface area contributed by atoms with E-state index in [0.717, 1.165) is 22.4 Å². The fraction of sp³-hybridized carbons (Fsp3) is 0.150. The fourth-order valence-electron chi connectivity index (χ4n) is 3.19. The Kier molecular flexibility index (Phi) is 3.69. The minimum absolute atomic E-state index is 0.0558. The van der Waals surface area contributed by atoms with Gasteiger partial charge in [0.2, 0.25) is 0 Å². The average molecular weight is 332 g/mol. The second-order valence-corrected chi connectivity index (χ2v) is 5.82. The van der Waals surface area contributed by atoms with E-state index in [1.807, 2.05) is 48.5 Å². The monoisotopic (exact) mass is 332 g/mol. The highest BCUT2D eigenvalue weighted by atomic mass is 16.5. The van der Waals surface area contributed by atoms with Crippen molar-refractivity contribution < 1.29 is 9.53 Å². The van der Waals surface area contributed by atoms with Gasteiger partial charge in [-0.1, -0.05) is 42.5 Å². The number of rotatable bonds is 2. The lowest BCUT2D eigenvalue weighted by Crippen LogP contribution is -2.28. The molecule has 0 fully saturated rings. The van der Waals surface area contributed by atoms with Crippen LogP contribution in [-0.4, -0.2) is 22.1 Å². The molecule has 0 atom stereocenters. The van der Waals surface area contributed by atoms with E-state index in [1.165, 1.54) is 10.8 Å². The lowest BCUT2D eigenvalue weighted by Gasteiger charge is -2.13. The van der Waals surface area contributed by atoms with E-state index in [1.54, 1.807) is 6.92 Å². The van der Waals surface area contributed by atoms with Gasteiger partial charge < -0.3 is 4.74 Å². The third-order valence-corrected chi connectivity index (χ3v) is 4.33. The molecule has 1 aromatic heterocycles. The summed E-state index contributed by atoms with van der Waals surface area (Å²) in [6, 6.07) is 15.6. The highest BCUT2D eigenvalue weighted by Crippen LogP contribution is 2.31. The van der Waals surface area contributed by atoms with Gasteiger partial charge in [0.1, 0.15) is 11.4 Å². The van der Waals surface area contributed by atoms with Crippen LogP contribution in [-0.2, 0) is 11.2 Å². The molecular weight excluding hydrogens is 316 g/mol. The van der Waals surface area contributed by atoms with Crippen LogP contribution in [0.3, 0.4) is 0 Å². The van der Waals surface area contributed by atoms with Crippen molar-refractivity contribution in [2.45, 2.75) is 13.3 Å². The van der Waals surface area contributed by atoms with Crippen molar-refractivity contribution in [1.82, 2.24) is 9.55 Å². The smallest absolute Gasteiger partial charge is 0.345 e. The van der Waals surface area contributed by atoms with Gasteiger partial charge in [-0.2, -0.15) is 0 Å². The maximum Gasteiger partial charge on any atom is 0.345 e. The first-order valence-corrected chi connectivity index (χ1v) is 8.16. The number of benzene rings is 2. The van der Waals surface area contributed by atoms with E-state index in [2.05, 4.69) is 4.98 Å². The lowest BCUT2D eigenvalue weighted by atomic mass is 10.0. The Morgan fingerprint density at radius 2 is 1.84 bits per heavy atom. The topological polar surface area (TPSA) is 61.2 Å². The van der Waals surface area contributed by atoms with Crippen LogP contribution in [0.1, 0.15) is 28.4 Å². The predicted molar refractivity (Wildman–Crippen MR) is 94.0 cm³/mol. The average Bonchev–Trinajstić information content (AvgIpc) is 2.77. The van der Waals surface area contributed by atoms with E-state index in [0.29, 0.717) is 12.2 Å². The van der Waals surface area contributed by atoms with Crippen molar-refractivity contribution in [3.63, 3.8) is 0 Å². The number of esters is 1. The molecule has 0 aliphatic carbocycles. The van der Waals surface area contributed by atoms with Gasteiger partial charge >= 0.3 is 5.97 Å². The summed E-state index contributed by atoms with van der Waals surface area (Å²) in [7, 11) is 0. The van der Waals surface area contributed by atoms with Gasteiger partial charge in [0.25, 0.3) is 5.56 Å². The molecule has 1 aliphatic heterocycles. The van der Waals surface area contributed by atoms with Crippen molar-refractivity contribution in [1.29, 1.82) is 0 Å². The van der Waals surface area contributed by atoms with Gasteiger partial charge in [-0.3, -0.25) is 9.36 Å². The van der Waals surface area contributed by atoms with Gasteiger partial charge in [-0.25, -0.2) is 9.78 Å². The fourth-order valence-corrected chi connectivity index (χ4v) is 3.19. The molecule has 0 radical (unpaired) electrons. The largest absolute Gasteiger partial charge is 0.462 e. The van der Waals surface area contributed by atoms with Crippen LogP contribution in [0.2, 0.25) is 0 Å². The summed E-state index contributed by atoms with van der Waals surface area (Å²) in [4.78, 5) is 29.6. The molecule has 0 saturated carbocycles. The molecule has 25 heavy (non-hydrogen) atoms. The second-order valence-electron chi connectivity index (χ2n) is 5.82. The molecule has 3 aromatic rings. The zero-order chi connectivity index (χ0) is 17.4. The highest BCUT2D eigenvalue weighted by Gasteiger charge is 2.24. The summed E-state index contributed by atoms with van der Waals surface area (Å²) in [5.41, 5.74) is 3.28. The maximum absolute atomic E-state index is 13.1.